The molecule has 0 aromatic heterocycles. The maximum absolute atomic E-state index is 11.9. The zero-order chi connectivity index (χ0) is 15.7. The fourth-order valence-electron chi connectivity index (χ4n) is 1.90. The number of rotatable bonds is 8. The van der Waals surface area contributed by atoms with Crippen molar-refractivity contribution in [2.45, 2.75) is 25.8 Å². The molecule has 0 bridgehead atoms. The van der Waals surface area contributed by atoms with Gasteiger partial charge in [-0.25, -0.2) is 0 Å². The second-order valence-electron chi connectivity index (χ2n) is 5.10. The zero-order valence-corrected chi connectivity index (χ0v) is 13.7. The normalized spacial score (nSPS) is 12.0. The first-order valence-electron chi connectivity index (χ1n) is 7.06. The molecule has 0 heterocycles. The molecule has 1 amide bonds. The number of anilines is 1. The van der Waals surface area contributed by atoms with Crippen molar-refractivity contribution in [3.05, 3.63) is 29.8 Å². The van der Waals surface area contributed by atoms with Crippen molar-refractivity contribution in [3.63, 3.8) is 0 Å². The van der Waals surface area contributed by atoms with Gasteiger partial charge in [0.15, 0.2) is 0 Å². The fourth-order valence-corrected chi connectivity index (χ4v) is 2.47. The Labute approximate surface area is 131 Å². The molecule has 0 aliphatic carbocycles. The van der Waals surface area contributed by atoms with E-state index in [4.69, 9.17) is 5.26 Å². The van der Waals surface area contributed by atoms with Crippen LogP contribution in [0.4, 0.5) is 5.69 Å². The first kappa shape index (κ1) is 17.5. The topological polar surface area (TPSA) is 56.1 Å². The minimum Gasteiger partial charge on any atom is -0.326 e. The number of benzene rings is 1. The lowest BCUT2D eigenvalue weighted by Crippen LogP contribution is -2.32. The van der Waals surface area contributed by atoms with Crippen LogP contribution in [-0.4, -0.2) is 42.4 Å². The maximum atomic E-state index is 11.9. The van der Waals surface area contributed by atoms with Gasteiger partial charge in [-0.2, -0.15) is 17.0 Å². The Hall–Kier alpha value is -1.51. The molecule has 1 rings (SSSR count). The summed E-state index contributed by atoms with van der Waals surface area (Å²) in [6.45, 7) is 2.92. The molecule has 0 fully saturated rings. The molecular weight excluding hydrogens is 282 g/mol. The van der Waals surface area contributed by atoms with E-state index in [1.807, 2.05) is 11.8 Å². The second-order valence-corrected chi connectivity index (χ2v) is 6.09. The first-order valence-corrected chi connectivity index (χ1v) is 8.45. The number of hydrogen-bond donors (Lipinski definition) is 1. The molecule has 4 nitrogen and oxygen atoms in total. The van der Waals surface area contributed by atoms with Crippen molar-refractivity contribution in [1.82, 2.24) is 4.90 Å². The van der Waals surface area contributed by atoms with E-state index < -0.39 is 0 Å². The summed E-state index contributed by atoms with van der Waals surface area (Å²) in [5.41, 5.74) is 1.23. The van der Waals surface area contributed by atoms with Gasteiger partial charge in [0, 0.05) is 24.7 Å². The molecule has 0 aliphatic heterocycles. The van der Waals surface area contributed by atoms with E-state index >= 15 is 0 Å². The van der Waals surface area contributed by atoms with Gasteiger partial charge in [0.05, 0.1) is 11.6 Å². The predicted octanol–water partition coefficient (Wildman–Crippen LogP) is 2.96. The number of hydrogen-bond acceptors (Lipinski definition) is 4. The third kappa shape index (κ3) is 6.65. The van der Waals surface area contributed by atoms with Gasteiger partial charge in [-0.15, -0.1) is 0 Å². The molecule has 0 spiro atoms. The summed E-state index contributed by atoms with van der Waals surface area (Å²) in [5.74, 6) is 1.12. The number of nitrogens with one attached hydrogen (secondary N) is 1. The first-order chi connectivity index (χ1) is 10.1. The van der Waals surface area contributed by atoms with Crippen LogP contribution in [0.5, 0.6) is 0 Å². The van der Waals surface area contributed by atoms with Gasteiger partial charge >= 0.3 is 0 Å². The number of carbonyl (C=O) groups is 1. The predicted molar refractivity (Wildman–Crippen MR) is 89.5 cm³/mol. The summed E-state index contributed by atoms with van der Waals surface area (Å²) in [6.07, 6.45) is 3.69. The molecular formula is C16H23N3OS. The van der Waals surface area contributed by atoms with E-state index in [0.29, 0.717) is 23.7 Å². The molecule has 1 aromatic rings. The Bertz CT molecular complexity index is 499. The highest BCUT2D eigenvalue weighted by Crippen LogP contribution is 2.11. The van der Waals surface area contributed by atoms with E-state index in [9.17, 15) is 4.79 Å². The van der Waals surface area contributed by atoms with Crippen LogP contribution in [0.2, 0.25) is 0 Å². The van der Waals surface area contributed by atoms with Crippen LogP contribution >= 0.6 is 11.8 Å². The van der Waals surface area contributed by atoms with E-state index in [1.165, 1.54) is 0 Å². The lowest BCUT2D eigenvalue weighted by Gasteiger charge is -2.24. The minimum atomic E-state index is -0.0194. The number of nitriles is 1. The van der Waals surface area contributed by atoms with Gasteiger partial charge in [0.25, 0.3) is 0 Å². The highest BCUT2D eigenvalue weighted by Gasteiger charge is 2.11. The lowest BCUT2D eigenvalue weighted by molar-refractivity contribution is -0.116. The van der Waals surface area contributed by atoms with Crippen LogP contribution in [0, 0.1) is 11.3 Å². The van der Waals surface area contributed by atoms with Gasteiger partial charge in [-0.3, -0.25) is 4.79 Å². The summed E-state index contributed by atoms with van der Waals surface area (Å²) >= 11 is 1.84. The van der Waals surface area contributed by atoms with Crippen molar-refractivity contribution in [1.29, 1.82) is 5.26 Å². The molecule has 0 saturated heterocycles. The van der Waals surface area contributed by atoms with E-state index in [1.54, 1.807) is 24.3 Å². The van der Waals surface area contributed by atoms with Crippen molar-refractivity contribution in [2.75, 3.05) is 30.9 Å². The molecule has 0 saturated carbocycles. The van der Waals surface area contributed by atoms with E-state index in [2.05, 4.69) is 36.5 Å². The Morgan fingerprint density at radius 2 is 2.29 bits per heavy atom. The van der Waals surface area contributed by atoms with E-state index in [0.717, 1.165) is 18.7 Å². The summed E-state index contributed by atoms with van der Waals surface area (Å²) < 4.78 is 0. The summed E-state index contributed by atoms with van der Waals surface area (Å²) in [4.78, 5) is 14.1. The van der Waals surface area contributed by atoms with Crippen molar-refractivity contribution >= 4 is 23.4 Å². The molecule has 114 valence electrons. The zero-order valence-electron chi connectivity index (χ0n) is 12.9. The molecule has 1 N–H and O–H groups in total. The fraction of sp³-hybridized carbons (Fsp3) is 0.500. The summed E-state index contributed by atoms with van der Waals surface area (Å²) in [7, 11) is 2.05. The number of nitrogens with zero attached hydrogens (tertiary/aromatic N) is 2. The number of amides is 1. The van der Waals surface area contributed by atoms with Gasteiger partial charge in [0.1, 0.15) is 0 Å². The van der Waals surface area contributed by atoms with Crippen LogP contribution < -0.4 is 5.32 Å². The maximum Gasteiger partial charge on any atom is 0.225 e. The summed E-state index contributed by atoms with van der Waals surface area (Å²) in [5, 5.41) is 11.7. The van der Waals surface area contributed by atoms with Crippen LogP contribution in [0.25, 0.3) is 0 Å². The average molecular weight is 305 g/mol. The molecule has 0 radical (unpaired) electrons. The van der Waals surface area contributed by atoms with Gasteiger partial charge in [0.2, 0.25) is 5.91 Å². The Kier molecular flexibility index (Phi) is 7.88. The molecule has 21 heavy (non-hydrogen) atoms. The smallest absolute Gasteiger partial charge is 0.225 e. The average Bonchev–Trinajstić information content (AvgIpc) is 2.50. The van der Waals surface area contributed by atoms with Crippen molar-refractivity contribution < 1.29 is 4.79 Å². The van der Waals surface area contributed by atoms with E-state index in [-0.39, 0.29) is 5.91 Å². The standard InChI is InChI=1S/C16H23N3OS/c1-13(8-10-21-3)19(2)9-7-16(20)18-15-6-4-5-14(11-15)12-17/h4-6,11,13H,7-10H2,1-3H3,(H,18,20). The molecule has 1 aromatic carbocycles. The number of thioether (sulfide) groups is 1. The van der Waals surface area contributed by atoms with Crippen LogP contribution in [0.15, 0.2) is 24.3 Å². The Morgan fingerprint density at radius 1 is 1.52 bits per heavy atom. The van der Waals surface area contributed by atoms with Crippen molar-refractivity contribution in [2.24, 2.45) is 0 Å². The minimum absolute atomic E-state index is 0.0194. The van der Waals surface area contributed by atoms with Crippen LogP contribution in [0.3, 0.4) is 0 Å². The summed E-state index contributed by atoms with van der Waals surface area (Å²) in [6, 6.07) is 9.51. The Balaban J connectivity index is 2.38. The largest absolute Gasteiger partial charge is 0.326 e. The Morgan fingerprint density at radius 3 is 2.95 bits per heavy atom. The molecule has 1 unspecified atom stereocenters. The monoisotopic (exact) mass is 305 g/mol. The highest BCUT2D eigenvalue weighted by atomic mass is 32.2. The van der Waals surface area contributed by atoms with Gasteiger partial charge in [-0.05, 0) is 50.6 Å². The van der Waals surface area contributed by atoms with Crippen LogP contribution in [0.1, 0.15) is 25.3 Å². The highest BCUT2D eigenvalue weighted by molar-refractivity contribution is 7.98. The lowest BCUT2D eigenvalue weighted by atomic mass is 10.2. The van der Waals surface area contributed by atoms with Crippen LogP contribution in [-0.2, 0) is 4.79 Å². The van der Waals surface area contributed by atoms with Gasteiger partial charge < -0.3 is 10.2 Å². The molecule has 1 atom stereocenters. The quantitative estimate of drug-likeness (QED) is 0.802. The third-order valence-corrected chi connectivity index (χ3v) is 4.10. The van der Waals surface area contributed by atoms with Crippen molar-refractivity contribution in [3.8, 4) is 6.07 Å². The number of carbonyl (C=O) groups excluding carboxylic acids is 1. The molecule has 0 aliphatic rings. The molecule has 5 heteroatoms. The third-order valence-electron chi connectivity index (χ3n) is 3.46. The SMILES string of the molecule is CSCCC(C)N(C)CCC(=O)Nc1cccc(C#N)c1. The van der Waals surface area contributed by atoms with Gasteiger partial charge in [-0.1, -0.05) is 6.07 Å². The second kappa shape index (κ2) is 9.43.